The van der Waals surface area contributed by atoms with Gasteiger partial charge in [0.15, 0.2) is 0 Å². The molecule has 4 nitrogen and oxygen atoms in total. The largest absolute Gasteiger partial charge is 0.488 e. The molecule has 0 N–H and O–H groups in total. The third-order valence-corrected chi connectivity index (χ3v) is 4.74. The first kappa shape index (κ1) is 17.9. The standard InChI is InChI=1S/C18H26N2O2.ClH/c1-15(21)19-13-9-16(10-14-19)22-18-8-4-3-7-17(18)20-11-5-2-6-12-20;/h3-4,7-8,16H,2,5-6,9-14H2,1H3;1H. The number of para-hydroxylation sites is 2. The maximum absolute atomic E-state index is 11.4. The Morgan fingerprint density at radius 2 is 1.70 bits per heavy atom. The topological polar surface area (TPSA) is 32.8 Å². The van der Waals surface area contributed by atoms with E-state index in [1.807, 2.05) is 11.0 Å². The van der Waals surface area contributed by atoms with Crippen LogP contribution >= 0.6 is 12.4 Å². The number of hydrogen-bond acceptors (Lipinski definition) is 3. The third-order valence-electron chi connectivity index (χ3n) is 4.74. The molecule has 1 aromatic rings. The van der Waals surface area contributed by atoms with E-state index in [2.05, 4.69) is 23.1 Å². The predicted octanol–water partition coefficient (Wildman–Crippen LogP) is 3.49. The van der Waals surface area contributed by atoms with E-state index in [9.17, 15) is 4.79 Å². The maximum Gasteiger partial charge on any atom is 0.219 e. The number of benzene rings is 1. The average Bonchev–Trinajstić information content (AvgIpc) is 2.57. The van der Waals surface area contributed by atoms with Crippen LogP contribution in [0.25, 0.3) is 0 Å². The highest BCUT2D eigenvalue weighted by molar-refractivity contribution is 5.85. The van der Waals surface area contributed by atoms with Gasteiger partial charge in [0.05, 0.1) is 5.69 Å². The van der Waals surface area contributed by atoms with Gasteiger partial charge in [-0.2, -0.15) is 0 Å². The smallest absolute Gasteiger partial charge is 0.219 e. The van der Waals surface area contributed by atoms with E-state index in [-0.39, 0.29) is 24.4 Å². The van der Waals surface area contributed by atoms with E-state index < -0.39 is 0 Å². The highest BCUT2D eigenvalue weighted by Gasteiger charge is 2.23. The molecule has 23 heavy (non-hydrogen) atoms. The number of anilines is 1. The second kappa shape index (κ2) is 8.44. The second-order valence-electron chi connectivity index (χ2n) is 6.34. The highest BCUT2D eigenvalue weighted by atomic mass is 35.5. The normalized spacial score (nSPS) is 19.2. The van der Waals surface area contributed by atoms with E-state index in [0.29, 0.717) is 0 Å². The Balaban J connectivity index is 0.00000192. The zero-order valence-electron chi connectivity index (χ0n) is 13.9. The second-order valence-corrected chi connectivity index (χ2v) is 6.34. The van der Waals surface area contributed by atoms with Crippen molar-refractivity contribution in [2.24, 2.45) is 0 Å². The molecule has 3 rings (SSSR count). The molecular formula is C18H27ClN2O2. The Kier molecular flexibility index (Phi) is 6.58. The van der Waals surface area contributed by atoms with Crippen molar-refractivity contribution in [1.29, 1.82) is 0 Å². The van der Waals surface area contributed by atoms with E-state index in [0.717, 1.165) is 44.8 Å². The van der Waals surface area contributed by atoms with Crippen molar-refractivity contribution in [2.45, 2.75) is 45.1 Å². The van der Waals surface area contributed by atoms with E-state index in [1.165, 1.54) is 24.9 Å². The molecular weight excluding hydrogens is 312 g/mol. The van der Waals surface area contributed by atoms with Crippen LogP contribution in [0.2, 0.25) is 0 Å². The number of nitrogens with zero attached hydrogens (tertiary/aromatic N) is 2. The fraction of sp³-hybridized carbons (Fsp3) is 0.611. The molecule has 0 atom stereocenters. The van der Waals surface area contributed by atoms with Gasteiger partial charge in [0, 0.05) is 45.9 Å². The van der Waals surface area contributed by atoms with Crippen molar-refractivity contribution in [3.63, 3.8) is 0 Å². The average molecular weight is 339 g/mol. The lowest BCUT2D eigenvalue weighted by molar-refractivity contribution is -0.130. The van der Waals surface area contributed by atoms with Gasteiger partial charge in [0.25, 0.3) is 0 Å². The summed E-state index contributed by atoms with van der Waals surface area (Å²) in [5.74, 6) is 1.18. The number of hydrogen-bond donors (Lipinski definition) is 0. The van der Waals surface area contributed by atoms with Gasteiger partial charge >= 0.3 is 0 Å². The molecule has 0 unspecified atom stereocenters. The maximum atomic E-state index is 11.4. The summed E-state index contributed by atoms with van der Waals surface area (Å²) in [6.07, 6.45) is 5.95. The number of carbonyl (C=O) groups is 1. The summed E-state index contributed by atoms with van der Waals surface area (Å²) >= 11 is 0. The van der Waals surface area contributed by atoms with Gasteiger partial charge in [0.2, 0.25) is 5.91 Å². The molecule has 0 spiro atoms. The monoisotopic (exact) mass is 338 g/mol. The van der Waals surface area contributed by atoms with Crippen LogP contribution in [0.4, 0.5) is 5.69 Å². The molecule has 5 heteroatoms. The van der Waals surface area contributed by atoms with Crippen LogP contribution in [-0.4, -0.2) is 43.1 Å². The van der Waals surface area contributed by atoms with Crippen LogP contribution < -0.4 is 9.64 Å². The number of likely N-dealkylation sites (tertiary alicyclic amines) is 1. The van der Waals surface area contributed by atoms with Gasteiger partial charge in [0.1, 0.15) is 11.9 Å². The Labute approximate surface area is 145 Å². The van der Waals surface area contributed by atoms with Crippen molar-refractivity contribution in [3.05, 3.63) is 24.3 Å². The molecule has 0 aromatic heterocycles. The van der Waals surface area contributed by atoms with E-state index in [4.69, 9.17) is 4.74 Å². The molecule has 2 saturated heterocycles. The first-order valence-electron chi connectivity index (χ1n) is 8.50. The Hall–Kier alpha value is -1.42. The van der Waals surface area contributed by atoms with Gasteiger partial charge in [-0.05, 0) is 31.4 Å². The molecule has 0 bridgehead atoms. The lowest BCUT2D eigenvalue weighted by atomic mass is 10.1. The van der Waals surface area contributed by atoms with E-state index >= 15 is 0 Å². The fourth-order valence-corrected chi connectivity index (χ4v) is 3.42. The molecule has 128 valence electrons. The SMILES string of the molecule is CC(=O)N1CCC(Oc2ccccc2N2CCCCC2)CC1.Cl. The zero-order valence-corrected chi connectivity index (χ0v) is 14.7. The van der Waals surface area contributed by atoms with Crippen LogP contribution in [-0.2, 0) is 4.79 Å². The Bertz CT molecular complexity index is 509. The summed E-state index contributed by atoms with van der Waals surface area (Å²) < 4.78 is 6.29. The lowest BCUT2D eigenvalue weighted by Crippen LogP contribution is -2.40. The molecule has 1 aromatic carbocycles. The number of carbonyl (C=O) groups excluding carboxylic acids is 1. The van der Waals surface area contributed by atoms with E-state index in [1.54, 1.807) is 6.92 Å². The van der Waals surface area contributed by atoms with Crippen LogP contribution in [0.1, 0.15) is 39.0 Å². The number of amides is 1. The van der Waals surface area contributed by atoms with Crippen molar-refractivity contribution >= 4 is 24.0 Å². The highest BCUT2D eigenvalue weighted by Crippen LogP contribution is 2.32. The first-order valence-corrected chi connectivity index (χ1v) is 8.50. The summed E-state index contributed by atoms with van der Waals surface area (Å²) in [7, 11) is 0. The predicted molar refractivity (Wildman–Crippen MR) is 95.7 cm³/mol. The summed E-state index contributed by atoms with van der Waals surface area (Å²) in [5, 5.41) is 0. The molecule has 2 heterocycles. The van der Waals surface area contributed by atoms with Crippen molar-refractivity contribution in [2.75, 3.05) is 31.1 Å². The van der Waals surface area contributed by atoms with Gasteiger partial charge < -0.3 is 14.5 Å². The summed E-state index contributed by atoms with van der Waals surface area (Å²) in [5.41, 5.74) is 1.23. The minimum Gasteiger partial charge on any atom is -0.488 e. The first-order chi connectivity index (χ1) is 10.7. The molecule has 0 radical (unpaired) electrons. The van der Waals surface area contributed by atoms with Gasteiger partial charge in [-0.1, -0.05) is 12.1 Å². The summed E-state index contributed by atoms with van der Waals surface area (Å²) in [6.45, 7) is 5.52. The third kappa shape index (κ3) is 4.54. The molecule has 2 aliphatic rings. The number of halogens is 1. The molecule has 0 saturated carbocycles. The minimum atomic E-state index is 0. The summed E-state index contributed by atoms with van der Waals surface area (Å²) in [6, 6.07) is 8.40. The van der Waals surface area contributed by atoms with Crippen molar-refractivity contribution in [3.8, 4) is 5.75 Å². The molecule has 0 aliphatic carbocycles. The quantitative estimate of drug-likeness (QED) is 0.845. The van der Waals surface area contributed by atoms with Crippen LogP contribution in [0, 0.1) is 0 Å². The van der Waals surface area contributed by atoms with Crippen molar-refractivity contribution in [1.82, 2.24) is 4.90 Å². The van der Waals surface area contributed by atoms with Crippen LogP contribution in [0.3, 0.4) is 0 Å². The number of piperidine rings is 2. The number of rotatable bonds is 3. The Morgan fingerprint density at radius 3 is 2.35 bits per heavy atom. The van der Waals surface area contributed by atoms with Gasteiger partial charge in [-0.25, -0.2) is 0 Å². The Morgan fingerprint density at radius 1 is 1.04 bits per heavy atom. The minimum absolute atomic E-state index is 0. The van der Waals surface area contributed by atoms with Crippen molar-refractivity contribution < 1.29 is 9.53 Å². The van der Waals surface area contributed by atoms with Gasteiger partial charge in [-0.15, -0.1) is 12.4 Å². The molecule has 2 fully saturated rings. The number of ether oxygens (including phenoxy) is 1. The zero-order chi connectivity index (χ0) is 15.4. The van der Waals surface area contributed by atoms with Crippen LogP contribution in [0.15, 0.2) is 24.3 Å². The molecule has 2 aliphatic heterocycles. The van der Waals surface area contributed by atoms with Gasteiger partial charge in [-0.3, -0.25) is 4.79 Å². The molecule has 1 amide bonds. The van der Waals surface area contributed by atoms with Crippen LogP contribution in [0.5, 0.6) is 5.75 Å². The lowest BCUT2D eigenvalue weighted by Gasteiger charge is -2.34. The fourth-order valence-electron chi connectivity index (χ4n) is 3.42. The summed E-state index contributed by atoms with van der Waals surface area (Å²) in [4.78, 5) is 15.8.